The number of hydrogen-bond acceptors (Lipinski definition) is 8. The van der Waals surface area contributed by atoms with E-state index >= 15 is 0 Å². The van der Waals surface area contributed by atoms with Crippen LogP contribution >= 0.6 is 67.6 Å². The summed E-state index contributed by atoms with van der Waals surface area (Å²) in [6, 6.07) is 0. The monoisotopic (exact) mass is 292 g/mol. The maximum absolute atomic E-state index is 4.83. The summed E-state index contributed by atoms with van der Waals surface area (Å²) in [7, 11) is 9.25. The Morgan fingerprint density at radius 2 is 1.38 bits per heavy atom. The van der Waals surface area contributed by atoms with Gasteiger partial charge in [-0.2, -0.15) is 0 Å². The molecule has 13 heavy (non-hydrogen) atoms. The molecule has 0 aromatic heterocycles. The number of thiocarbonyl (C=S) groups is 2. The molecular weight excluding hydrogens is 284 g/mol. The van der Waals surface area contributed by atoms with E-state index in [0.717, 1.165) is 5.08 Å². The first-order valence-corrected chi connectivity index (χ1v) is 8.41. The first-order valence-electron chi connectivity index (χ1n) is 2.95. The van der Waals surface area contributed by atoms with Crippen LogP contribution in [0.1, 0.15) is 0 Å². The Morgan fingerprint density at radius 1 is 1.00 bits per heavy atom. The molecule has 0 unspecified atom stereocenters. The summed E-state index contributed by atoms with van der Waals surface area (Å²) in [5.41, 5.74) is 0. The summed E-state index contributed by atoms with van der Waals surface area (Å²) in [6.45, 7) is 0. The number of hydrogen-bond donors (Lipinski definition) is 0. The second-order valence-electron chi connectivity index (χ2n) is 1.43. The Hall–Kier alpha value is 1.18. The molecular formula is C5H8O2S6. The van der Waals surface area contributed by atoms with Crippen LogP contribution in [0.15, 0.2) is 0 Å². The van der Waals surface area contributed by atoms with Gasteiger partial charge >= 0.3 is 0 Å². The Morgan fingerprint density at radius 3 is 1.69 bits per heavy atom. The van der Waals surface area contributed by atoms with Gasteiger partial charge in [0.15, 0.2) is 0 Å². The van der Waals surface area contributed by atoms with Crippen LogP contribution in [0.4, 0.5) is 0 Å². The van der Waals surface area contributed by atoms with Crippen molar-refractivity contribution < 1.29 is 9.47 Å². The van der Waals surface area contributed by atoms with Crippen molar-refractivity contribution in [1.82, 2.24) is 0 Å². The predicted molar refractivity (Wildman–Crippen MR) is 74.4 cm³/mol. The summed E-state index contributed by atoms with van der Waals surface area (Å²) in [4.78, 5) is 0. The highest BCUT2D eigenvalue weighted by Gasteiger charge is 1.99. The Kier molecular flexibility index (Phi) is 10.6. The van der Waals surface area contributed by atoms with E-state index in [1.807, 2.05) is 0 Å². The van der Waals surface area contributed by atoms with Crippen molar-refractivity contribution in [2.24, 2.45) is 0 Å². The van der Waals surface area contributed by atoms with Crippen molar-refractivity contribution in [2.45, 2.75) is 0 Å². The van der Waals surface area contributed by atoms with Crippen LogP contribution in [0.2, 0.25) is 0 Å². The fourth-order valence-electron chi connectivity index (χ4n) is 0.232. The zero-order valence-electron chi connectivity index (χ0n) is 6.97. The maximum atomic E-state index is 4.83. The standard InChI is InChI=1S/C5H8O2S6/c1-6-4(8)12-10-3-11-13-5(9)7-2/h3H2,1-2H3. The number of methoxy groups -OCH3 is 2. The van der Waals surface area contributed by atoms with Gasteiger partial charge in [0, 0.05) is 0 Å². The minimum Gasteiger partial charge on any atom is -0.481 e. The third-order valence-electron chi connectivity index (χ3n) is 0.683. The molecule has 0 aliphatic rings. The average molecular weight is 293 g/mol. The van der Waals surface area contributed by atoms with Gasteiger partial charge in [0.1, 0.15) is 0 Å². The smallest absolute Gasteiger partial charge is 0.230 e. The van der Waals surface area contributed by atoms with Crippen LogP contribution < -0.4 is 0 Å². The normalized spacial score (nSPS) is 9.38. The lowest BCUT2D eigenvalue weighted by atomic mass is 11.5. The number of ether oxygens (including phenoxy) is 2. The fraction of sp³-hybridized carbons (Fsp3) is 0.600. The Labute approximate surface area is 104 Å². The van der Waals surface area contributed by atoms with Crippen LogP contribution in [0.5, 0.6) is 0 Å². The molecule has 0 saturated heterocycles. The molecule has 0 heterocycles. The second-order valence-corrected chi connectivity index (χ2v) is 7.59. The average Bonchev–Trinajstić information content (AvgIpc) is 2.16. The van der Waals surface area contributed by atoms with Gasteiger partial charge in [0.05, 0.1) is 19.3 Å². The molecule has 0 bridgehead atoms. The lowest BCUT2D eigenvalue weighted by Gasteiger charge is -2.01. The van der Waals surface area contributed by atoms with Gasteiger partial charge in [0.25, 0.3) is 0 Å². The number of rotatable bonds is 4. The summed E-state index contributed by atoms with van der Waals surface area (Å²) in [5.74, 6) is 0. The van der Waals surface area contributed by atoms with Crippen LogP contribution in [0, 0.1) is 0 Å². The van der Waals surface area contributed by atoms with Gasteiger partial charge in [-0.15, -0.1) is 0 Å². The molecule has 0 aromatic rings. The van der Waals surface area contributed by atoms with E-state index in [0.29, 0.717) is 8.77 Å². The summed E-state index contributed by atoms with van der Waals surface area (Å²) in [5, 5.41) is 0.877. The molecule has 2 nitrogen and oxygen atoms in total. The van der Waals surface area contributed by atoms with E-state index in [1.165, 1.54) is 21.6 Å². The molecule has 76 valence electrons. The molecule has 0 rings (SSSR count). The zero-order chi connectivity index (χ0) is 10.1. The highest BCUT2D eigenvalue weighted by Crippen LogP contribution is 2.33. The molecule has 0 aliphatic carbocycles. The molecule has 0 aliphatic heterocycles. The first kappa shape index (κ1) is 14.2. The van der Waals surface area contributed by atoms with Gasteiger partial charge in [-0.05, 0) is 46.0 Å². The minimum absolute atomic E-state index is 0.546. The maximum Gasteiger partial charge on any atom is 0.230 e. The van der Waals surface area contributed by atoms with Crippen molar-refractivity contribution in [3.63, 3.8) is 0 Å². The Bertz CT molecular complexity index is 154. The molecule has 0 amide bonds. The molecule has 0 spiro atoms. The highest BCUT2D eigenvalue weighted by atomic mass is 33.1. The van der Waals surface area contributed by atoms with Crippen molar-refractivity contribution in [3.05, 3.63) is 0 Å². The Balaban J connectivity index is 3.17. The molecule has 0 fully saturated rings. The first-order chi connectivity index (χ1) is 6.20. The van der Waals surface area contributed by atoms with Crippen molar-refractivity contribution in [1.29, 1.82) is 0 Å². The minimum atomic E-state index is 0.546. The van der Waals surface area contributed by atoms with E-state index < -0.39 is 0 Å². The van der Waals surface area contributed by atoms with Gasteiger partial charge in [0.2, 0.25) is 8.77 Å². The van der Waals surface area contributed by atoms with Gasteiger partial charge in [-0.25, -0.2) is 0 Å². The highest BCUT2D eigenvalue weighted by molar-refractivity contribution is 8.91. The van der Waals surface area contributed by atoms with Crippen LogP contribution in [-0.4, -0.2) is 28.1 Å². The topological polar surface area (TPSA) is 18.5 Å². The largest absolute Gasteiger partial charge is 0.481 e. The van der Waals surface area contributed by atoms with Crippen molar-refractivity contribution in [2.75, 3.05) is 19.3 Å². The van der Waals surface area contributed by atoms with Gasteiger partial charge in [-0.1, -0.05) is 21.6 Å². The van der Waals surface area contributed by atoms with Crippen molar-refractivity contribution >= 4 is 76.4 Å². The lowest BCUT2D eigenvalue weighted by Crippen LogP contribution is -1.87. The van der Waals surface area contributed by atoms with Crippen LogP contribution in [0.3, 0.4) is 0 Å². The van der Waals surface area contributed by atoms with E-state index in [-0.39, 0.29) is 0 Å². The molecule has 0 aromatic carbocycles. The van der Waals surface area contributed by atoms with Crippen LogP contribution in [0.25, 0.3) is 0 Å². The van der Waals surface area contributed by atoms with E-state index in [1.54, 1.807) is 35.8 Å². The molecule has 0 N–H and O–H groups in total. The molecule has 0 radical (unpaired) electrons. The van der Waals surface area contributed by atoms with Gasteiger partial charge < -0.3 is 9.47 Å². The third-order valence-corrected chi connectivity index (χ3v) is 7.11. The van der Waals surface area contributed by atoms with Crippen LogP contribution in [-0.2, 0) is 9.47 Å². The summed E-state index contributed by atoms with van der Waals surface area (Å²) < 4.78 is 10.7. The van der Waals surface area contributed by atoms with E-state index in [2.05, 4.69) is 0 Å². The molecule has 0 saturated carbocycles. The van der Waals surface area contributed by atoms with E-state index in [9.17, 15) is 0 Å². The molecule has 0 atom stereocenters. The second kappa shape index (κ2) is 9.72. The lowest BCUT2D eigenvalue weighted by molar-refractivity contribution is 0.426. The third kappa shape index (κ3) is 9.48. The predicted octanol–water partition coefficient (Wildman–Crippen LogP) is 3.57. The fourth-order valence-corrected chi connectivity index (χ4v) is 5.23. The van der Waals surface area contributed by atoms with E-state index in [4.69, 9.17) is 33.9 Å². The SMILES string of the molecule is COC(=S)SSCSSC(=S)OC. The summed E-state index contributed by atoms with van der Waals surface area (Å²) >= 11 is 9.67. The summed E-state index contributed by atoms with van der Waals surface area (Å²) in [6.07, 6.45) is 0. The molecule has 8 heteroatoms. The quantitative estimate of drug-likeness (QED) is 0.334. The zero-order valence-corrected chi connectivity index (χ0v) is 11.9. The van der Waals surface area contributed by atoms with Crippen molar-refractivity contribution in [3.8, 4) is 0 Å². The van der Waals surface area contributed by atoms with Gasteiger partial charge in [-0.3, -0.25) is 0 Å².